The SMILES string of the molecule is CC(C)(C)OC(=O)NC1CCN(c2nc3c(cc2F)c(=O)c(C(=O)O)cn3C2(F)C=CC(F)=CC2)C1. The van der Waals surface area contributed by atoms with Crippen LogP contribution in [0.5, 0.6) is 0 Å². The molecule has 0 spiro atoms. The number of hydrogen-bond donors (Lipinski definition) is 2. The zero-order valence-electron chi connectivity index (χ0n) is 19.8. The molecule has 1 fully saturated rings. The number of carbonyl (C=O) groups is 2. The van der Waals surface area contributed by atoms with Crippen LogP contribution in [-0.4, -0.2) is 51.5 Å². The molecule has 0 radical (unpaired) electrons. The van der Waals surface area contributed by atoms with E-state index in [0.717, 1.165) is 35.1 Å². The Labute approximate surface area is 203 Å². The maximum atomic E-state index is 15.9. The highest BCUT2D eigenvalue weighted by Crippen LogP contribution is 2.34. The lowest BCUT2D eigenvalue weighted by molar-refractivity contribution is 0.0508. The number of halogens is 3. The second kappa shape index (κ2) is 8.99. The molecular formula is C24H25F3N4O5. The second-order valence-electron chi connectivity index (χ2n) is 9.73. The van der Waals surface area contributed by atoms with Crippen molar-refractivity contribution < 1.29 is 32.6 Å². The number of alkyl carbamates (subject to hydrolysis) is 1. The van der Waals surface area contributed by atoms with Crippen LogP contribution < -0.4 is 15.6 Å². The molecule has 0 aromatic carbocycles. The van der Waals surface area contributed by atoms with Gasteiger partial charge in [0.1, 0.15) is 22.6 Å². The Morgan fingerprint density at radius 3 is 2.64 bits per heavy atom. The number of aromatic carboxylic acids is 1. The van der Waals surface area contributed by atoms with Gasteiger partial charge in [0.05, 0.1) is 11.4 Å². The molecule has 2 aromatic rings. The van der Waals surface area contributed by atoms with Crippen molar-refractivity contribution >= 4 is 28.9 Å². The molecule has 9 nitrogen and oxygen atoms in total. The molecule has 2 unspecified atom stereocenters. The first-order valence-corrected chi connectivity index (χ1v) is 11.3. The second-order valence-corrected chi connectivity index (χ2v) is 9.73. The number of anilines is 1. The van der Waals surface area contributed by atoms with Crippen LogP contribution in [0.15, 0.2) is 41.1 Å². The van der Waals surface area contributed by atoms with Crippen LogP contribution in [0.3, 0.4) is 0 Å². The van der Waals surface area contributed by atoms with Gasteiger partial charge < -0.3 is 20.1 Å². The average Bonchev–Trinajstić information content (AvgIpc) is 3.22. The zero-order chi connectivity index (χ0) is 26.4. The fourth-order valence-electron chi connectivity index (χ4n) is 4.18. The molecule has 192 valence electrons. The van der Waals surface area contributed by atoms with Gasteiger partial charge in [0, 0.05) is 25.7 Å². The summed E-state index contributed by atoms with van der Waals surface area (Å²) in [5, 5.41) is 11.7. The summed E-state index contributed by atoms with van der Waals surface area (Å²) in [5.74, 6) is -5.85. The van der Waals surface area contributed by atoms with E-state index >= 15 is 8.78 Å². The molecule has 1 saturated heterocycles. The first kappa shape index (κ1) is 25.3. The van der Waals surface area contributed by atoms with Crippen molar-refractivity contribution in [1.82, 2.24) is 14.9 Å². The maximum Gasteiger partial charge on any atom is 0.407 e. The molecule has 2 N–H and O–H groups in total. The lowest BCUT2D eigenvalue weighted by Crippen LogP contribution is -2.40. The molecule has 2 aliphatic rings. The van der Waals surface area contributed by atoms with Gasteiger partial charge in [-0.2, -0.15) is 0 Å². The number of hydrogen-bond acceptors (Lipinski definition) is 6. The summed E-state index contributed by atoms with van der Waals surface area (Å²) in [5.41, 5.74) is -2.80. The van der Waals surface area contributed by atoms with Gasteiger partial charge in [-0.15, -0.1) is 0 Å². The fraction of sp³-hybridized carbons (Fsp3) is 0.417. The zero-order valence-corrected chi connectivity index (χ0v) is 19.8. The first-order valence-electron chi connectivity index (χ1n) is 11.3. The van der Waals surface area contributed by atoms with Gasteiger partial charge >= 0.3 is 12.1 Å². The summed E-state index contributed by atoms with van der Waals surface area (Å²) in [6.45, 7) is 5.63. The van der Waals surface area contributed by atoms with Crippen LogP contribution >= 0.6 is 0 Å². The molecule has 1 aliphatic carbocycles. The topological polar surface area (TPSA) is 114 Å². The summed E-state index contributed by atoms with van der Waals surface area (Å²) >= 11 is 0. The number of amides is 1. The van der Waals surface area contributed by atoms with Crippen LogP contribution in [0, 0.1) is 5.82 Å². The Kier molecular flexibility index (Phi) is 6.31. The lowest BCUT2D eigenvalue weighted by atomic mass is 10.0. The van der Waals surface area contributed by atoms with Gasteiger partial charge in [-0.05, 0) is 51.5 Å². The fourth-order valence-corrected chi connectivity index (χ4v) is 4.18. The van der Waals surface area contributed by atoms with Crippen LogP contribution in [0.25, 0.3) is 11.0 Å². The molecule has 0 bridgehead atoms. The van der Waals surface area contributed by atoms with Crippen molar-refractivity contribution in [3.05, 3.63) is 57.9 Å². The van der Waals surface area contributed by atoms with E-state index in [9.17, 15) is 23.9 Å². The Morgan fingerprint density at radius 2 is 2.03 bits per heavy atom. The van der Waals surface area contributed by atoms with E-state index in [1.165, 1.54) is 4.90 Å². The van der Waals surface area contributed by atoms with E-state index in [4.69, 9.17) is 4.74 Å². The van der Waals surface area contributed by atoms with Gasteiger partial charge in [-0.1, -0.05) is 0 Å². The van der Waals surface area contributed by atoms with Crippen molar-refractivity contribution in [3.8, 4) is 0 Å². The van der Waals surface area contributed by atoms with Crippen LogP contribution in [0.1, 0.15) is 44.0 Å². The van der Waals surface area contributed by atoms with Crippen LogP contribution in [0.2, 0.25) is 0 Å². The number of carboxylic acids is 1. The summed E-state index contributed by atoms with van der Waals surface area (Å²) in [4.78, 5) is 42.2. The van der Waals surface area contributed by atoms with E-state index in [0.29, 0.717) is 13.0 Å². The molecule has 1 aliphatic heterocycles. The summed E-state index contributed by atoms with van der Waals surface area (Å²) in [6.07, 6.45) is 2.86. The minimum atomic E-state index is -2.44. The van der Waals surface area contributed by atoms with Crippen molar-refractivity contribution in [1.29, 1.82) is 0 Å². The smallest absolute Gasteiger partial charge is 0.407 e. The number of carboxylic acid groups (broad SMARTS) is 1. The quantitative estimate of drug-likeness (QED) is 0.649. The number of nitrogens with zero attached hydrogens (tertiary/aromatic N) is 3. The van der Waals surface area contributed by atoms with Crippen molar-refractivity contribution in [3.63, 3.8) is 0 Å². The van der Waals surface area contributed by atoms with Gasteiger partial charge in [0.25, 0.3) is 0 Å². The predicted octanol–water partition coefficient (Wildman–Crippen LogP) is 3.77. The van der Waals surface area contributed by atoms with E-state index in [1.807, 2.05) is 0 Å². The number of nitrogens with one attached hydrogen (secondary N) is 1. The minimum absolute atomic E-state index is 0.167. The lowest BCUT2D eigenvalue weighted by Gasteiger charge is -2.28. The summed E-state index contributed by atoms with van der Waals surface area (Å²) < 4.78 is 50.6. The van der Waals surface area contributed by atoms with Crippen molar-refractivity contribution in [2.45, 2.75) is 51.0 Å². The number of carbonyl (C=O) groups excluding carboxylic acids is 1. The highest BCUT2D eigenvalue weighted by atomic mass is 19.1. The summed E-state index contributed by atoms with van der Waals surface area (Å²) in [7, 11) is 0. The normalized spacial score (nSPS) is 22.0. The Balaban J connectivity index is 1.74. The van der Waals surface area contributed by atoms with E-state index < -0.39 is 57.9 Å². The third kappa shape index (κ3) is 4.93. The van der Waals surface area contributed by atoms with Crippen molar-refractivity contribution in [2.24, 2.45) is 0 Å². The number of aromatic nitrogens is 2. The number of alkyl halides is 1. The van der Waals surface area contributed by atoms with Gasteiger partial charge in [0.2, 0.25) is 11.2 Å². The molecule has 4 rings (SSSR count). The molecule has 2 atom stereocenters. The third-order valence-corrected chi connectivity index (χ3v) is 5.83. The van der Waals surface area contributed by atoms with Crippen LogP contribution in [-0.2, 0) is 10.5 Å². The summed E-state index contributed by atoms with van der Waals surface area (Å²) in [6, 6.07) is 0.444. The number of pyridine rings is 2. The third-order valence-electron chi connectivity index (χ3n) is 5.83. The number of rotatable bonds is 4. The molecule has 36 heavy (non-hydrogen) atoms. The van der Waals surface area contributed by atoms with E-state index in [-0.39, 0.29) is 24.1 Å². The molecule has 1 amide bonds. The minimum Gasteiger partial charge on any atom is -0.477 e. The van der Waals surface area contributed by atoms with E-state index in [2.05, 4.69) is 10.3 Å². The van der Waals surface area contributed by atoms with Crippen molar-refractivity contribution in [2.75, 3.05) is 18.0 Å². The maximum absolute atomic E-state index is 15.9. The van der Waals surface area contributed by atoms with E-state index in [1.54, 1.807) is 20.8 Å². The molecule has 2 aromatic heterocycles. The van der Waals surface area contributed by atoms with Gasteiger partial charge in [-0.3, -0.25) is 9.36 Å². The Morgan fingerprint density at radius 1 is 1.31 bits per heavy atom. The molecule has 12 heteroatoms. The predicted molar refractivity (Wildman–Crippen MR) is 125 cm³/mol. The largest absolute Gasteiger partial charge is 0.477 e. The Bertz CT molecular complexity index is 1360. The number of allylic oxidation sites excluding steroid dienone is 4. The average molecular weight is 506 g/mol. The molecular weight excluding hydrogens is 481 g/mol. The number of ether oxygens (including phenoxy) is 1. The first-order chi connectivity index (χ1) is 16.8. The molecule has 3 heterocycles. The monoisotopic (exact) mass is 506 g/mol. The standard InChI is InChI=1S/C24H25F3N4O5/c1-23(2,3)36-22(35)28-14-6-9-30(11-14)20-17(26)10-15-18(32)16(21(33)34)12-31(19(15)29-20)24(27)7-4-13(25)5-8-24/h4-5,7,10,12,14H,6,8-9,11H2,1-3H3,(H,28,35)(H,33,34). The van der Waals surface area contributed by atoms with Gasteiger partial charge in [-0.25, -0.2) is 27.7 Å². The van der Waals surface area contributed by atoms with Crippen LogP contribution in [0.4, 0.5) is 23.8 Å². The Hall–Kier alpha value is -3.83. The molecule has 0 saturated carbocycles. The van der Waals surface area contributed by atoms with Gasteiger partial charge in [0.15, 0.2) is 11.6 Å². The highest BCUT2D eigenvalue weighted by molar-refractivity contribution is 5.92. The number of fused-ring (bicyclic) bond motifs is 1. The highest BCUT2D eigenvalue weighted by Gasteiger charge is 2.35.